The van der Waals surface area contributed by atoms with E-state index in [4.69, 9.17) is 18.9 Å². The fourth-order valence-electron chi connectivity index (χ4n) is 3.70. The summed E-state index contributed by atoms with van der Waals surface area (Å²) in [7, 11) is 0. The molecule has 1 unspecified atom stereocenters. The van der Waals surface area contributed by atoms with Crippen LogP contribution in [0.5, 0.6) is 11.5 Å². The van der Waals surface area contributed by atoms with Gasteiger partial charge in [-0.15, -0.1) is 0 Å². The smallest absolute Gasteiger partial charge is 0.337 e. The van der Waals surface area contributed by atoms with Gasteiger partial charge in [-0.2, -0.15) is 0 Å². The van der Waals surface area contributed by atoms with Crippen molar-refractivity contribution in [3.05, 3.63) is 65.2 Å². The predicted octanol–water partition coefficient (Wildman–Crippen LogP) is 3.31. The van der Waals surface area contributed by atoms with Crippen LogP contribution in [0, 0.1) is 0 Å². The minimum Gasteiger partial charge on any atom is -0.490 e. The van der Waals surface area contributed by atoms with Crippen LogP contribution in [-0.2, 0) is 20.8 Å². The average Bonchev–Trinajstić information content (AvgIpc) is 2.78. The molecule has 2 aromatic rings. The van der Waals surface area contributed by atoms with E-state index in [-0.39, 0.29) is 25.3 Å². The van der Waals surface area contributed by atoms with Crippen molar-refractivity contribution in [3.63, 3.8) is 0 Å². The van der Waals surface area contributed by atoms with Gasteiger partial charge in [0.05, 0.1) is 18.8 Å². The van der Waals surface area contributed by atoms with E-state index in [1.165, 1.54) is 5.56 Å². The van der Waals surface area contributed by atoms with Crippen LogP contribution < -0.4 is 9.47 Å². The molecule has 2 aromatic carbocycles. The van der Waals surface area contributed by atoms with E-state index in [1.807, 2.05) is 49.4 Å². The molecule has 0 bridgehead atoms. The number of fused-ring (bicyclic) bond motifs is 1. The van der Waals surface area contributed by atoms with Crippen molar-refractivity contribution in [2.24, 2.45) is 0 Å². The molecule has 2 aliphatic rings. The summed E-state index contributed by atoms with van der Waals surface area (Å²) in [5, 5.41) is 0. The molecule has 0 amide bonds. The van der Waals surface area contributed by atoms with Gasteiger partial charge < -0.3 is 18.9 Å². The first-order valence-electron chi connectivity index (χ1n) is 10.4. The van der Waals surface area contributed by atoms with Crippen LogP contribution in [-0.4, -0.2) is 56.5 Å². The summed E-state index contributed by atoms with van der Waals surface area (Å²) in [6.07, 6.45) is 1.68. The van der Waals surface area contributed by atoms with Gasteiger partial charge in [0, 0.05) is 25.2 Å². The van der Waals surface area contributed by atoms with Gasteiger partial charge in [0.15, 0.2) is 11.5 Å². The summed E-state index contributed by atoms with van der Waals surface area (Å²) in [6, 6.07) is 16.0. The van der Waals surface area contributed by atoms with Crippen LogP contribution in [0.4, 0.5) is 0 Å². The number of morpholine rings is 1. The van der Waals surface area contributed by atoms with Crippen molar-refractivity contribution in [2.75, 3.05) is 39.5 Å². The Morgan fingerprint density at radius 2 is 2.03 bits per heavy atom. The molecule has 0 aromatic heterocycles. The molecule has 1 fully saturated rings. The molecular weight excluding hydrogens is 382 g/mol. The summed E-state index contributed by atoms with van der Waals surface area (Å²) in [5.41, 5.74) is 2.58. The highest BCUT2D eigenvalue weighted by molar-refractivity contribution is 5.95. The molecule has 6 nitrogen and oxygen atoms in total. The molecular formula is C24H27NO5. The first kappa shape index (κ1) is 20.4. The van der Waals surface area contributed by atoms with E-state index >= 15 is 0 Å². The molecule has 0 N–H and O–H groups in total. The number of ether oxygens (including phenoxy) is 4. The van der Waals surface area contributed by atoms with Crippen LogP contribution in [0.25, 0.3) is 6.08 Å². The first-order chi connectivity index (χ1) is 14.7. The number of para-hydroxylation sites is 1. The Morgan fingerprint density at radius 1 is 1.17 bits per heavy atom. The standard InChI is InChI=1S/C24H27NO5/c1-2-27-22-10-6-9-19-13-20(16-29-23(19)22)24(26)30-17-21-15-25(11-12-28-21)14-18-7-4-3-5-8-18/h3-10,13,21H,2,11-12,14-17H2,1H3. The molecule has 0 aliphatic carbocycles. The number of nitrogens with zero attached hydrogens (tertiary/aromatic N) is 1. The fourth-order valence-corrected chi connectivity index (χ4v) is 3.70. The molecule has 30 heavy (non-hydrogen) atoms. The molecule has 158 valence electrons. The predicted molar refractivity (Wildman–Crippen MR) is 114 cm³/mol. The molecule has 4 rings (SSSR count). The number of hydrogen-bond donors (Lipinski definition) is 0. The quantitative estimate of drug-likeness (QED) is 0.654. The van der Waals surface area contributed by atoms with Crippen molar-refractivity contribution >= 4 is 12.0 Å². The third-order valence-electron chi connectivity index (χ3n) is 5.15. The minimum absolute atomic E-state index is 0.131. The largest absolute Gasteiger partial charge is 0.490 e. The van der Waals surface area contributed by atoms with Crippen LogP contribution in [0.3, 0.4) is 0 Å². The SMILES string of the molecule is CCOc1cccc2c1OCC(C(=O)OCC1CN(Cc3ccccc3)CCO1)=C2. The zero-order valence-electron chi connectivity index (χ0n) is 17.2. The third kappa shape index (κ3) is 5.01. The van der Waals surface area contributed by atoms with Crippen molar-refractivity contribution in [1.29, 1.82) is 0 Å². The Morgan fingerprint density at radius 3 is 2.87 bits per heavy atom. The lowest BCUT2D eigenvalue weighted by atomic mass is 10.1. The number of rotatable bonds is 7. The number of carbonyl (C=O) groups is 1. The minimum atomic E-state index is -0.369. The second-order valence-corrected chi connectivity index (χ2v) is 7.38. The maximum Gasteiger partial charge on any atom is 0.337 e. The molecule has 0 radical (unpaired) electrons. The van der Waals surface area contributed by atoms with Crippen LogP contribution in [0.2, 0.25) is 0 Å². The van der Waals surface area contributed by atoms with Crippen LogP contribution >= 0.6 is 0 Å². The van der Waals surface area contributed by atoms with Crippen LogP contribution in [0.1, 0.15) is 18.1 Å². The molecule has 0 spiro atoms. The Balaban J connectivity index is 1.32. The second kappa shape index (κ2) is 9.78. The molecule has 0 saturated carbocycles. The monoisotopic (exact) mass is 409 g/mol. The molecule has 2 aliphatic heterocycles. The van der Waals surface area contributed by atoms with E-state index in [1.54, 1.807) is 0 Å². The lowest BCUT2D eigenvalue weighted by molar-refractivity contribution is -0.146. The Kier molecular flexibility index (Phi) is 6.67. The molecule has 2 heterocycles. The number of hydrogen-bond acceptors (Lipinski definition) is 6. The summed E-state index contributed by atoms with van der Waals surface area (Å²) in [5.74, 6) is 0.988. The van der Waals surface area contributed by atoms with Crippen molar-refractivity contribution in [3.8, 4) is 11.5 Å². The summed E-state index contributed by atoms with van der Waals surface area (Å²) in [6.45, 7) is 5.99. The van der Waals surface area contributed by atoms with Crippen molar-refractivity contribution < 1.29 is 23.7 Å². The van der Waals surface area contributed by atoms with Gasteiger partial charge >= 0.3 is 5.97 Å². The maximum absolute atomic E-state index is 12.6. The van der Waals surface area contributed by atoms with Gasteiger partial charge in [0.1, 0.15) is 19.3 Å². The Bertz CT molecular complexity index is 896. The highest BCUT2D eigenvalue weighted by atomic mass is 16.6. The van der Waals surface area contributed by atoms with E-state index in [9.17, 15) is 4.79 Å². The maximum atomic E-state index is 12.6. The number of carbonyl (C=O) groups excluding carboxylic acids is 1. The summed E-state index contributed by atoms with van der Waals surface area (Å²) < 4.78 is 22.7. The summed E-state index contributed by atoms with van der Waals surface area (Å²) in [4.78, 5) is 14.9. The lowest BCUT2D eigenvalue weighted by Gasteiger charge is -2.32. The van der Waals surface area contributed by atoms with Crippen molar-refractivity contribution in [1.82, 2.24) is 4.90 Å². The van der Waals surface area contributed by atoms with E-state index in [2.05, 4.69) is 17.0 Å². The van der Waals surface area contributed by atoms with E-state index < -0.39 is 0 Å². The Labute approximate surface area is 177 Å². The summed E-state index contributed by atoms with van der Waals surface area (Å²) >= 11 is 0. The van der Waals surface area contributed by atoms with Crippen molar-refractivity contribution in [2.45, 2.75) is 19.6 Å². The zero-order chi connectivity index (χ0) is 20.8. The fraction of sp³-hybridized carbons (Fsp3) is 0.375. The number of benzene rings is 2. The molecule has 6 heteroatoms. The van der Waals surface area contributed by atoms with Gasteiger partial charge in [0.2, 0.25) is 0 Å². The van der Waals surface area contributed by atoms with Crippen LogP contribution in [0.15, 0.2) is 54.1 Å². The van der Waals surface area contributed by atoms with Gasteiger partial charge in [0.25, 0.3) is 0 Å². The lowest BCUT2D eigenvalue weighted by Crippen LogP contribution is -2.44. The van der Waals surface area contributed by atoms with Gasteiger partial charge in [-0.3, -0.25) is 4.90 Å². The average molecular weight is 409 g/mol. The third-order valence-corrected chi connectivity index (χ3v) is 5.15. The van der Waals surface area contributed by atoms with E-state index in [0.29, 0.717) is 30.3 Å². The Hall–Kier alpha value is -2.83. The molecule has 1 saturated heterocycles. The van der Waals surface area contributed by atoms with Gasteiger partial charge in [-0.1, -0.05) is 42.5 Å². The van der Waals surface area contributed by atoms with Gasteiger partial charge in [-0.05, 0) is 24.6 Å². The number of esters is 1. The highest BCUT2D eigenvalue weighted by Crippen LogP contribution is 2.35. The van der Waals surface area contributed by atoms with E-state index in [0.717, 1.165) is 25.2 Å². The normalized spacial score (nSPS) is 18.7. The zero-order valence-corrected chi connectivity index (χ0v) is 17.2. The first-order valence-corrected chi connectivity index (χ1v) is 10.4. The topological polar surface area (TPSA) is 57.2 Å². The highest BCUT2D eigenvalue weighted by Gasteiger charge is 2.25. The van der Waals surface area contributed by atoms with Gasteiger partial charge in [-0.25, -0.2) is 4.79 Å². The second-order valence-electron chi connectivity index (χ2n) is 7.38. The molecule has 1 atom stereocenters.